The third-order valence-electron chi connectivity index (χ3n) is 2.46. The van der Waals surface area contributed by atoms with E-state index in [1.165, 1.54) is 20.0 Å². The number of anilines is 1. The van der Waals surface area contributed by atoms with Crippen LogP contribution in [-0.2, 0) is 14.4 Å². The Bertz CT molecular complexity index is 485. The molecule has 0 saturated carbocycles. The standard InChI is InChI=1S/C12H15N3O4/c1-12(2,11(18)19)10(17)14-7-9(16)15-8-4-3-5-13-6-8/h3-6H,7H2,1-2H3,(H,14,17)(H,15,16)(H,18,19). The highest BCUT2D eigenvalue weighted by Crippen LogP contribution is 2.14. The molecule has 1 rings (SSSR count). The predicted octanol–water partition coefficient (Wildman–Crippen LogP) is 0.247. The van der Waals surface area contributed by atoms with Crippen molar-refractivity contribution < 1.29 is 19.5 Å². The fourth-order valence-corrected chi connectivity index (χ4v) is 1.12. The zero-order valence-corrected chi connectivity index (χ0v) is 10.6. The minimum Gasteiger partial charge on any atom is -0.480 e. The van der Waals surface area contributed by atoms with Gasteiger partial charge in [0.15, 0.2) is 0 Å². The van der Waals surface area contributed by atoms with Gasteiger partial charge in [-0.2, -0.15) is 0 Å². The molecule has 0 aliphatic heterocycles. The van der Waals surface area contributed by atoms with Gasteiger partial charge in [0, 0.05) is 6.20 Å². The summed E-state index contributed by atoms with van der Waals surface area (Å²) in [5, 5.41) is 13.6. The number of aromatic nitrogens is 1. The van der Waals surface area contributed by atoms with Gasteiger partial charge >= 0.3 is 5.97 Å². The Hall–Kier alpha value is -2.44. The Morgan fingerprint density at radius 3 is 2.58 bits per heavy atom. The number of amides is 2. The molecular weight excluding hydrogens is 250 g/mol. The van der Waals surface area contributed by atoms with Crippen LogP contribution in [0.4, 0.5) is 5.69 Å². The van der Waals surface area contributed by atoms with Gasteiger partial charge < -0.3 is 15.7 Å². The van der Waals surface area contributed by atoms with Crippen molar-refractivity contribution in [2.45, 2.75) is 13.8 Å². The summed E-state index contributed by atoms with van der Waals surface area (Å²) in [6.07, 6.45) is 3.02. The molecule has 102 valence electrons. The molecule has 0 spiro atoms. The first kappa shape index (κ1) is 14.6. The molecule has 0 atom stereocenters. The first-order chi connectivity index (χ1) is 8.84. The highest BCUT2D eigenvalue weighted by atomic mass is 16.4. The first-order valence-corrected chi connectivity index (χ1v) is 5.55. The topological polar surface area (TPSA) is 108 Å². The van der Waals surface area contributed by atoms with Crippen molar-refractivity contribution in [3.8, 4) is 0 Å². The number of nitrogens with zero attached hydrogens (tertiary/aromatic N) is 1. The van der Waals surface area contributed by atoms with Gasteiger partial charge in [-0.05, 0) is 26.0 Å². The number of hydrogen-bond donors (Lipinski definition) is 3. The second-order valence-electron chi connectivity index (χ2n) is 4.40. The summed E-state index contributed by atoms with van der Waals surface area (Å²) >= 11 is 0. The van der Waals surface area contributed by atoms with E-state index in [4.69, 9.17) is 5.11 Å². The first-order valence-electron chi connectivity index (χ1n) is 5.55. The molecule has 0 radical (unpaired) electrons. The molecule has 0 bridgehead atoms. The monoisotopic (exact) mass is 265 g/mol. The maximum atomic E-state index is 11.6. The van der Waals surface area contributed by atoms with Crippen LogP contribution in [0, 0.1) is 5.41 Å². The molecule has 0 fully saturated rings. The number of carboxylic acid groups (broad SMARTS) is 1. The van der Waals surface area contributed by atoms with Gasteiger partial charge in [-0.3, -0.25) is 19.4 Å². The Morgan fingerprint density at radius 2 is 2.05 bits per heavy atom. The van der Waals surface area contributed by atoms with Crippen molar-refractivity contribution in [1.29, 1.82) is 0 Å². The Morgan fingerprint density at radius 1 is 1.37 bits per heavy atom. The maximum absolute atomic E-state index is 11.6. The van der Waals surface area contributed by atoms with E-state index < -0.39 is 23.2 Å². The van der Waals surface area contributed by atoms with Crippen LogP contribution in [0.5, 0.6) is 0 Å². The summed E-state index contributed by atoms with van der Waals surface area (Å²) in [6, 6.07) is 3.30. The second-order valence-corrected chi connectivity index (χ2v) is 4.40. The fourth-order valence-electron chi connectivity index (χ4n) is 1.12. The van der Waals surface area contributed by atoms with Crippen molar-refractivity contribution in [2.24, 2.45) is 5.41 Å². The van der Waals surface area contributed by atoms with Crippen molar-refractivity contribution in [3.63, 3.8) is 0 Å². The molecule has 1 aromatic heterocycles. The number of aliphatic carboxylic acids is 1. The van der Waals surface area contributed by atoms with E-state index in [1.54, 1.807) is 18.3 Å². The maximum Gasteiger partial charge on any atom is 0.318 e. The van der Waals surface area contributed by atoms with Crippen LogP contribution < -0.4 is 10.6 Å². The van der Waals surface area contributed by atoms with Crippen LogP contribution in [0.1, 0.15) is 13.8 Å². The van der Waals surface area contributed by atoms with Crippen LogP contribution in [-0.4, -0.2) is 34.4 Å². The Labute approximate surface area is 110 Å². The number of hydrogen-bond acceptors (Lipinski definition) is 4. The molecule has 0 saturated heterocycles. The number of carboxylic acids is 1. The predicted molar refractivity (Wildman–Crippen MR) is 67.3 cm³/mol. The highest BCUT2D eigenvalue weighted by Gasteiger charge is 2.35. The number of rotatable bonds is 5. The lowest BCUT2D eigenvalue weighted by atomic mass is 9.93. The zero-order chi connectivity index (χ0) is 14.5. The summed E-state index contributed by atoms with van der Waals surface area (Å²) in [6.45, 7) is 2.23. The quantitative estimate of drug-likeness (QED) is 0.661. The van der Waals surface area contributed by atoms with Gasteiger partial charge in [-0.25, -0.2) is 0 Å². The minimum atomic E-state index is -1.57. The van der Waals surface area contributed by atoms with E-state index in [0.29, 0.717) is 5.69 Å². The SMILES string of the molecule is CC(C)(C(=O)O)C(=O)NCC(=O)Nc1cccnc1. The van der Waals surface area contributed by atoms with Crippen molar-refractivity contribution in [1.82, 2.24) is 10.3 Å². The summed E-state index contributed by atoms with van der Waals surface area (Å²) in [4.78, 5) is 37.7. The number of nitrogens with one attached hydrogen (secondary N) is 2. The van der Waals surface area contributed by atoms with Crippen LogP contribution in [0.15, 0.2) is 24.5 Å². The smallest absolute Gasteiger partial charge is 0.318 e. The second kappa shape index (κ2) is 5.94. The lowest BCUT2D eigenvalue weighted by molar-refractivity contribution is -0.153. The molecule has 2 amide bonds. The van der Waals surface area contributed by atoms with E-state index in [2.05, 4.69) is 15.6 Å². The summed E-state index contributed by atoms with van der Waals surface area (Å²) in [5.74, 6) is -2.43. The minimum absolute atomic E-state index is 0.301. The largest absolute Gasteiger partial charge is 0.480 e. The van der Waals surface area contributed by atoms with Gasteiger partial charge in [0.1, 0.15) is 5.41 Å². The van der Waals surface area contributed by atoms with Crippen molar-refractivity contribution in [2.75, 3.05) is 11.9 Å². The van der Waals surface area contributed by atoms with E-state index in [1.807, 2.05) is 0 Å². The summed E-state index contributed by atoms with van der Waals surface area (Å²) in [7, 11) is 0. The van der Waals surface area contributed by atoms with Gasteiger partial charge in [0.2, 0.25) is 11.8 Å². The lowest BCUT2D eigenvalue weighted by Gasteiger charge is -2.18. The third kappa shape index (κ3) is 4.06. The van der Waals surface area contributed by atoms with Crippen molar-refractivity contribution >= 4 is 23.5 Å². The highest BCUT2D eigenvalue weighted by molar-refractivity contribution is 6.03. The molecular formula is C12H15N3O4. The van der Waals surface area contributed by atoms with E-state index >= 15 is 0 Å². The molecule has 0 aliphatic carbocycles. The van der Waals surface area contributed by atoms with Crippen molar-refractivity contribution in [3.05, 3.63) is 24.5 Å². The number of pyridine rings is 1. The molecule has 0 unspecified atom stereocenters. The van der Waals surface area contributed by atoms with Crippen LogP contribution in [0.2, 0.25) is 0 Å². The molecule has 0 aliphatic rings. The molecule has 1 heterocycles. The average Bonchev–Trinajstić information content (AvgIpc) is 2.36. The Balaban J connectivity index is 2.47. The lowest BCUT2D eigenvalue weighted by Crippen LogP contribution is -2.44. The average molecular weight is 265 g/mol. The van der Waals surface area contributed by atoms with Crippen LogP contribution in [0.25, 0.3) is 0 Å². The van der Waals surface area contributed by atoms with Gasteiger partial charge in [0.25, 0.3) is 0 Å². The normalized spacial score (nSPS) is 10.6. The third-order valence-corrected chi connectivity index (χ3v) is 2.46. The number of carbonyl (C=O) groups is 3. The summed E-state index contributed by atoms with van der Waals surface area (Å²) in [5.41, 5.74) is -1.08. The van der Waals surface area contributed by atoms with Gasteiger partial charge in [0.05, 0.1) is 18.4 Å². The van der Waals surface area contributed by atoms with Gasteiger partial charge in [-0.1, -0.05) is 0 Å². The Kier molecular flexibility index (Phi) is 4.57. The molecule has 3 N–H and O–H groups in total. The number of carbonyl (C=O) groups excluding carboxylic acids is 2. The van der Waals surface area contributed by atoms with E-state index in [9.17, 15) is 14.4 Å². The molecule has 1 aromatic rings. The summed E-state index contributed by atoms with van der Waals surface area (Å²) < 4.78 is 0. The van der Waals surface area contributed by atoms with E-state index in [-0.39, 0.29) is 6.54 Å². The fraction of sp³-hybridized carbons (Fsp3) is 0.333. The van der Waals surface area contributed by atoms with Crippen LogP contribution in [0.3, 0.4) is 0 Å². The van der Waals surface area contributed by atoms with Gasteiger partial charge in [-0.15, -0.1) is 0 Å². The molecule has 7 heteroatoms. The molecule has 7 nitrogen and oxygen atoms in total. The molecule has 19 heavy (non-hydrogen) atoms. The zero-order valence-electron chi connectivity index (χ0n) is 10.6. The van der Waals surface area contributed by atoms with Crippen LogP contribution >= 0.6 is 0 Å². The van der Waals surface area contributed by atoms with E-state index in [0.717, 1.165) is 0 Å². The molecule has 0 aromatic carbocycles.